The molecule has 1 fully saturated rings. The first-order chi connectivity index (χ1) is 15.9. The second-order valence-corrected chi connectivity index (χ2v) is 8.44. The van der Waals surface area contributed by atoms with Crippen molar-refractivity contribution in [1.29, 1.82) is 0 Å². The maximum absolute atomic E-state index is 13.0. The van der Waals surface area contributed by atoms with E-state index in [1.165, 1.54) is 0 Å². The third-order valence-corrected chi connectivity index (χ3v) is 5.94. The maximum Gasteiger partial charge on any atom is 0.254 e. The molecule has 1 aliphatic heterocycles. The molecule has 1 saturated heterocycles. The third-order valence-electron chi connectivity index (χ3n) is 5.94. The topological polar surface area (TPSA) is 65.1 Å². The minimum atomic E-state index is -0.210. The fraction of sp³-hybridized carbons (Fsp3) is 0.462. The van der Waals surface area contributed by atoms with Crippen LogP contribution in [0.25, 0.3) is 0 Å². The van der Waals surface area contributed by atoms with Crippen molar-refractivity contribution in [2.75, 3.05) is 61.1 Å². The van der Waals surface area contributed by atoms with Crippen molar-refractivity contribution in [2.45, 2.75) is 33.7 Å². The number of benzene rings is 2. The number of nitrogens with one attached hydrogen (secondary N) is 1. The molecule has 1 heterocycles. The van der Waals surface area contributed by atoms with E-state index in [-0.39, 0.29) is 18.4 Å². The zero-order valence-electron chi connectivity index (χ0n) is 20.2. The van der Waals surface area contributed by atoms with Gasteiger partial charge in [-0.15, -0.1) is 0 Å². The first kappa shape index (κ1) is 24.6. The van der Waals surface area contributed by atoms with Gasteiger partial charge in [-0.1, -0.05) is 0 Å². The zero-order valence-corrected chi connectivity index (χ0v) is 20.2. The molecule has 0 aliphatic carbocycles. The van der Waals surface area contributed by atoms with Crippen LogP contribution >= 0.6 is 0 Å². The van der Waals surface area contributed by atoms with Gasteiger partial charge in [-0.2, -0.15) is 0 Å². The monoisotopic (exact) mass is 452 g/mol. The van der Waals surface area contributed by atoms with Crippen molar-refractivity contribution >= 4 is 28.9 Å². The molecule has 0 radical (unpaired) electrons. The Labute approximate surface area is 197 Å². The molecular formula is C26H36N4O3. The highest BCUT2D eigenvalue weighted by atomic mass is 16.5. The summed E-state index contributed by atoms with van der Waals surface area (Å²) in [5, 5.41) is 2.90. The number of likely N-dealkylation sites (N-methyl/N-ethyl adjacent to an activating group) is 1. The van der Waals surface area contributed by atoms with Crippen molar-refractivity contribution < 1.29 is 14.3 Å². The van der Waals surface area contributed by atoms with Gasteiger partial charge in [0.25, 0.3) is 5.91 Å². The summed E-state index contributed by atoms with van der Waals surface area (Å²) in [5.41, 5.74) is 3.51. The Morgan fingerprint density at radius 2 is 1.61 bits per heavy atom. The number of morpholine rings is 1. The van der Waals surface area contributed by atoms with Gasteiger partial charge in [0.05, 0.1) is 13.2 Å². The van der Waals surface area contributed by atoms with E-state index in [2.05, 4.69) is 35.9 Å². The molecule has 178 valence electrons. The van der Waals surface area contributed by atoms with E-state index < -0.39 is 0 Å². The van der Waals surface area contributed by atoms with Crippen LogP contribution in [0.1, 0.15) is 38.1 Å². The van der Waals surface area contributed by atoms with Crippen LogP contribution < -0.4 is 15.1 Å². The highest BCUT2D eigenvalue weighted by molar-refractivity contribution is 5.99. The molecule has 2 aromatic carbocycles. The fourth-order valence-corrected chi connectivity index (χ4v) is 4.10. The van der Waals surface area contributed by atoms with E-state index in [1.54, 1.807) is 4.90 Å². The summed E-state index contributed by atoms with van der Waals surface area (Å²) in [4.78, 5) is 31.7. The van der Waals surface area contributed by atoms with Crippen LogP contribution in [0.15, 0.2) is 48.5 Å². The van der Waals surface area contributed by atoms with E-state index in [9.17, 15) is 9.59 Å². The van der Waals surface area contributed by atoms with E-state index in [0.717, 1.165) is 49.9 Å². The molecule has 0 atom stereocenters. The molecule has 7 heteroatoms. The molecule has 1 N–H and O–H groups in total. The summed E-state index contributed by atoms with van der Waals surface area (Å²) in [6, 6.07) is 15.8. The standard InChI is InChI=1S/C26H36N4O3/c1-5-28(26(32)21-7-11-24(12-8-21)30(6-2)20(3)4)19-25(31)27-22-9-13-23(14-10-22)29-15-17-33-18-16-29/h7-14,20H,5-6,15-19H2,1-4H3,(H,27,31). The number of amides is 2. The highest BCUT2D eigenvalue weighted by Gasteiger charge is 2.18. The average molecular weight is 453 g/mol. The fourth-order valence-electron chi connectivity index (χ4n) is 4.10. The van der Waals surface area contributed by atoms with Crippen LogP contribution in [0.2, 0.25) is 0 Å². The van der Waals surface area contributed by atoms with Gasteiger partial charge in [0.2, 0.25) is 5.91 Å². The van der Waals surface area contributed by atoms with Crippen molar-refractivity contribution in [3.8, 4) is 0 Å². The van der Waals surface area contributed by atoms with Gasteiger partial charge < -0.3 is 24.8 Å². The van der Waals surface area contributed by atoms with Gasteiger partial charge in [0, 0.05) is 54.8 Å². The van der Waals surface area contributed by atoms with E-state index >= 15 is 0 Å². The molecule has 0 unspecified atom stereocenters. The highest BCUT2D eigenvalue weighted by Crippen LogP contribution is 2.20. The number of anilines is 3. The molecule has 3 rings (SSSR count). The SMILES string of the molecule is CCN(CC(=O)Nc1ccc(N2CCOCC2)cc1)C(=O)c1ccc(N(CC)C(C)C)cc1. The second-order valence-electron chi connectivity index (χ2n) is 8.44. The van der Waals surface area contributed by atoms with Crippen molar-refractivity contribution in [3.63, 3.8) is 0 Å². The molecular weight excluding hydrogens is 416 g/mol. The van der Waals surface area contributed by atoms with Crippen LogP contribution in [0.4, 0.5) is 17.1 Å². The Morgan fingerprint density at radius 3 is 2.15 bits per heavy atom. The molecule has 7 nitrogen and oxygen atoms in total. The lowest BCUT2D eigenvalue weighted by Gasteiger charge is -2.29. The van der Waals surface area contributed by atoms with Crippen LogP contribution in [-0.4, -0.2) is 68.7 Å². The normalized spacial score (nSPS) is 13.7. The molecule has 1 aliphatic rings. The molecule has 2 amide bonds. The molecule has 0 spiro atoms. The Morgan fingerprint density at radius 1 is 0.970 bits per heavy atom. The molecule has 0 saturated carbocycles. The van der Waals surface area contributed by atoms with Gasteiger partial charge in [0.1, 0.15) is 6.54 Å². The van der Waals surface area contributed by atoms with Gasteiger partial charge in [-0.05, 0) is 76.2 Å². The largest absolute Gasteiger partial charge is 0.378 e. The van der Waals surface area contributed by atoms with E-state index in [0.29, 0.717) is 18.2 Å². The Kier molecular flexibility index (Phi) is 8.72. The number of carbonyl (C=O) groups is 2. The second kappa shape index (κ2) is 11.7. The van der Waals surface area contributed by atoms with Crippen LogP contribution in [-0.2, 0) is 9.53 Å². The van der Waals surface area contributed by atoms with Gasteiger partial charge in [0.15, 0.2) is 0 Å². The van der Waals surface area contributed by atoms with Crippen molar-refractivity contribution in [2.24, 2.45) is 0 Å². The Hall–Kier alpha value is -3.06. The minimum absolute atomic E-state index is 0.00930. The summed E-state index contributed by atoms with van der Waals surface area (Å²) in [6.45, 7) is 12.9. The number of hydrogen-bond acceptors (Lipinski definition) is 5. The first-order valence-corrected chi connectivity index (χ1v) is 11.8. The van der Waals surface area contributed by atoms with E-state index in [4.69, 9.17) is 4.74 Å². The quantitative estimate of drug-likeness (QED) is 0.626. The number of hydrogen-bond donors (Lipinski definition) is 1. The molecule has 0 bridgehead atoms. The molecule has 33 heavy (non-hydrogen) atoms. The summed E-state index contributed by atoms with van der Waals surface area (Å²) in [6.07, 6.45) is 0. The minimum Gasteiger partial charge on any atom is -0.378 e. The van der Waals surface area contributed by atoms with E-state index in [1.807, 2.05) is 55.5 Å². The summed E-state index contributed by atoms with van der Waals surface area (Å²) in [7, 11) is 0. The van der Waals surface area contributed by atoms with Gasteiger partial charge in [-0.3, -0.25) is 9.59 Å². The van der Waals surface area contributed by atoms with Crippen molar-refractivity contribution in [1.82, 2.24) is 4.90 Å². The Bertz CT molecular complexity index is 906. The lowest BCUT2D eigenvalue weighted by Crippen LogP contribution is -2.38. The van der Waals surface area contributed by atoms with Crippen LogP contribution in [0, 0.1) is 0 Å². The van der Waals surface area contributed by atoms with Crippen LogP contribution in [0.5, 0.6) is 0 Å². The van der Waals surface area contributed by atoms with Crippen molar-refractivity contribution in [3.05, 3.63) is 54.1 Å². The number of ether oxygens (including phenoxy) is 1. The third kappa shape index (κ3) is 6.48. The predicted octanol–water partition coefficient (Wildman–Crippen LogP) is 3.86. The lowest BCUT2D eigenvalue weighted by molar-refractivity contribution is -0.116. The number of carbonyl (C=O) groups excluding carboxylic acids is 2. The lowest BCUT2D eigenvalue weighted by atomic mass is 10.1. The summed E-state index contributed by atoms with van der Waals surface area (Å²) < 4.78 is 5.39. The predicted molar refractivity (Wildman–Crippen MR) is 134 cm³/mol. The first-order valence-electron chi connectivity index (χ1n) is 11.8. The summed E-state index contributed by atoms with van der Waals surface area (Å²) >= 11 is 0. The zero-order chi connectivity index (χ0) is 23.8. The smallest absolute Gasteiger partial charge is 0.254 e. The molecule has 2 aromatic rings. The van der Waals surface area contributed by atoms with Crippen LogP contribution in [0.3, 0.4) is 0 Å². The Balaban J connectivity index is 1.58. The van der Waals surface area contributed by atoms with Gasteiger partial charge >= 0.3 is 0 Å². The van der Waals surface area contributed by atoms with Gasteiger partial charge in [-0.25, -0.2) is 0 Å². The maximum atomic E-state index is 13.0. The number of rotatable bonds is 9. The summed E-state index contributed by atoms with van der Waals surface area (Å²) in [5.74, 6) is -0.354. The number of nitrogens with zero attached hydrogens (tertiary/aromatic N) is 3. The average Bonchev–Trinajstić information content (AvgIpc) is 2.84. The molecule has 0 aromatic heterocycles.